The van der Waals surface area contributed by atoms with Gasteiger partial charge in [-0.05, 0) is 63.7 Å². The molecule has 0 aliphatic heterocycles. The molecular formula is C26H30F3N3O3. The molecule has 0 spiro atoms. The third-order valence-corrected chi connectivity index (χ3v) is 5.67. The van der Waals surface area contributed by atoms with Gasteiger partial charge in [-0.3, -0.25) is 4.68 Å². The number of nitrogens with zero attached hydrogens (tertiary/aromatic N) is 2. The van der Waals surface area contributed by atoms with Crippen molar-refractivity contribution in [3.8, 4) is 17.0 Å². The van der Waals surface area contributed by atoms with E-state index in [1.807, 2.05) is 32.3 Å². The minimum Gasteiger partial charge on any atom is -0.476 e. The molecule has 0 aliphatic rings. The second kappa shape index (κ2) is 10.5. The van der Waals surface area contributed by atoms with Gasteiger partial charge >= 0.3 is 12.1 Å². The lowest BCUT2D eigenvalue weighted by molar-refractivity contribution is -0.158. The number of ether oxygens (including phenoxy) is 2. The van der Waals surface area contributed by atoms with Crippen LogP contribution in [0, 0.1) is 0 Å². The summed E-state index contributed by atoms with van der Waals surface area (Å²) in [5.41, 5.74) is 1.35. The fraction of sp³-hybridized carbons (Fsp3) is 0.385. The first-order chi connectivity index (χ1) is 16.4. The van der Waals surface area contributed by atoms with Crippen LogP contribution in [-0.4, -0.2) is 35.0 Å². The van der Waals surface area contributed by atoms with Gasteiger partial charge in [0.05, 0.1) is 17.9 Å². The van der Waals surface area contributed by atoms with Crippen molar-refractivity contribution in [1.82, 2.24) is 15.1 Å². The monoisotopic (exact) mass is 489 g/mol. The topological polar surface area (TPSA) is 65.4 Å². The number of benzene rings is 2. The van der Waals surface area contributed by atoms with E-state index in [0.29, 0.717) is 23.4 Å². The Bertz CT molecular complexity index is 1140. The number of esters is 1. The van der Waals surface area contributed by atoms with Crippen LogP contribution in [0.3, 0.4) is 0 Å². The Morgan fingerprint density at radius 1 is 1.09 bits per heavy atom. The number of halogens is 3. The lowest BCUT2D eigenvalue weighted by Gasteiger charge is -2.24. The van der Waals surface area contributed by atoms with Gasteiger partial charge in [-0.15, -0.1) is 0 Å². The van der Waals surface area contributed by atoms with Crippen molar-refractivity contribution in [3.63, 3.8) is 0 Å². The first-order valence-corrected chi connectivity index (χ1v) is 11.3. The molecule has 9 heteroatoms. The molecule has 3 aromatic rings. The maximum Gasteiger partial charge on any atom is 0.416 e. The third-order valence-electron chi connectivity index (χ3n) is 5.67. The number of nitrogens with one attached hydrogen (secondary N) is 1. The summed E-state index contributed by atoms with van der Waals surface area (Å²) >= 11 is 0. The number of carbonyl (C=O) groups excluding carboxylic acids is 1. The summed E-state index contributed by atoms with van der Waals surface area (Å²) in [6, 6.07) is 14.3. The number of hydrogen-bond donors (Lipinski definition) is 1. The Kier molecular flexibility index (Phi) is 7.90. The van der Waals surface area contributed by atoms with E-state index in [9.17, 15) is 18.0 Å². The second-order valence-corrected chi connectivity index (χ2v) is 8.67. The predicted octanol–water partition coefficient (Wildman–Crippen LogP) is 5.33. The molecule has 1 atom stereocenters. The summed E-state index contributed by atoms with van der Waals surface area (Å²) in [6.07, 6.45) is -3.77. The highest BCUT2D eigenvalue weighted by atomic mass is 19.4. The molecule has 1 heterocycles. The van der Waals surface area contributed by atoms with Crippen molar-refractivity contribution in [2.45, 2.75) is 45.0 Å². The van der Waals surface area contributed by atoms with Gasteiger partial charge in [0.1, 0.15) is 5.75 Å². The van der Waals surface area contributed by atoms with Crippen LogP contribution in [0.5, 0.6) is 5.75 Å². The fourth-order valence-corrected chi connectivity index (χ4v) is 3.67. The standard InChI is InChI=1S/C26H30F3N3O3/c1-6-34-24(33)25(2,3)35-21-13-9-17(10-14-21)22(30-4)15-20-16-23(31-32(20)5)18-7-11-19(12-8-18)26(27,28)29/h7-14,16,22,30H,6,15H2,1-5H3. The van der Waals surface area contributed by atoms with Crippen molar-refractivity contribution in [1.29, 1.82) is 0 Å². The highest BCUT2D eigenvalue weighted by Gasteiger charge is 2.32. The predicted molar refractivity (Wildman–Crippen MR) is 127 cm³/mol. The van der Waals surface area contributed by atoms with E-state index >= 15 is 0 Å². The van der Waals surface area contributed by atoms with Crippen LogP contribution in [0.25, 0.3) is 11.3 Å². The van der Waals surface area contributed by atoms with Gasteiger partial charge < -0.3 is 14.8 Å². The number of aryl methyl sites for hydroxylation is 1. The van der Waals surface area contributed by atoms with E-state index in [1.165, 1.54) is 12.1 Å². The molecule has 0 fully saturated rings. The highest BCUT2D eigenvalue weighted by Crippen LogP contribution is 2.31. The largest absolute Gasteiger partial charge is 0.476 e. The van der Waals surface area contributed by atoms with Gasteiger partial charge in [0.25, 0.3) is 0 Å². The van der Waals surface area contributed by atoms with Crippen LogP contribution >= 0.6 is 0 Å². The number of alkyl halides is 3. The van der Waals surface area contributed by atoms with Crippen molar-refractivity contribution in [2.24, 2.45) is 7.05 Å². The van der Waals surface area contributed by atoms with Gasteiger partial charge in [-0.2, -0.15) is 18.3 Å². The molecule has 1 N–H and O–H groups in total. The van der Waals surface area contributed by atoms with Crippen LogP contribution in [0.1, 0.15) is 43.6 Å². The Morgan fingerprint density at radius 3 is 2.26 bits per heavy atom. The summed E-state index contributed by atoms with van der Waals surface area (Å²) < 4.78 is 51.2. The van der Waals surface area contributed by atoms with Crippen molar-refractivity contribution in [2.75, 3.05) is 13.7 Å². The maximum absolute atomic E-state index is 12.9. The number of carbonyl (C=O) groups is 1. The molecule has 3 rings (SSSR count). The van der Waals surface area contributed by atoms with Crippen molar-refractivity contribution in [3.05, 3.63) is 71.4 Å². The minimum atomic E-state index is -4.37. The molecule has 0 aliphatic carbocycles. The van der Waals surface area contributed by atoms with Crippen LogP contribution in [0.4, 0.5) is 13.2 Å². The van der Waals surface area contributed by atoms with Gasteiger partial charge in [-0.1, -0.05) is 24.3 Å². The molecular weight excluding hydrogens is 459 g/mol. The van der Waals surface area contributed by atoms with Crippen LogP contribution < -0.4 is 10.1 Å². The number of rotatable bonds is 9. The molecule has 188 valence electrons. The summed E-state index contributed by atoms with van der Waals surface area (Å²) in [5, 5.41) is 7.77. The molecule has 35 heavy (non-hydrogen) atoms. The van der Waals surface area contributed by atoms with Gasteiger partial charge in [0, 0.05) is 30.8 Å². The lowest BCUT2D eigenvalue weighted by Crippen LogP contribution is -2.39. The average Bonchev–Trinajstić information content (AvgIpc) is 3.17. The van der Waals surface area contributed by atoms with E-state index in [0.717, 1.165) is 23.4 Å². The fourth-order valence-electron chi connectivity index (χ4n) is 3.67. The zero-order valence-corrected chi connectivity index (χ0v) is 20.4. The number of likely N-dealkylation sites (N-methyl/N-ethyl adjacent to an activating group) is 1. The van der Waals surface area contributed by atoms with Crippen molar-refractivity contribution < 1.29 is 27.4 Å². The van der Waals surface area contributed by atoms with Crippen LogP contribution in [0.2, 0.25) is 0 Å². The zero-order valence-electron chi connectivity index (χ0n) is 20.4. The summed E-state index contributed by atoms with van der Waals surface area (Å²) in [5.74, 6) is 0.115. The molecule has 1 aromatic heterocycles. The van der Waals surface area contributed by atoms with Crippen LogP contribution in [-0.2, 0) is 29.2 Å². The molecule has 2 aromatic carbocycles. The van der Waals surface area contributed by atoms with E-state index in [4.69, 9.17) is 9.47 Å². The first-order valence-electron chi connectivity index (χ1n) is 11.3. The lowest BCUT2D eigenvalue weighted by atomic mass is 10.0. The second-order valence-electron chi connectivity index (χ2n) is 8.67. The summed E-state index contributed by atoms with van der Waals surface area (Å²) in [7, 11) is 3.66. The smallest absolute Gasteiger partial charge is 0.416 e. The summed E-state index contributed by atoms with van der Waals surface area (Å²) in [6.45, 7) is 5.34. The Labute approximate surface area is 203 Å². The van der Waals surface area contributed by atoms with E-state index in [2.05, 4.69) is 10.4 Å². The quantitative estimate of drug-likeness (QED) is 0.412. The van der Waals surface area contributed by atoms with Gasteiger partial charge in [0.2, 0.25) is 0 Å². The van der Waals surface area contributed by atoms with E-state index in [-0.39, 0.29) is 12.6 Å². The first kappa shape index (κ1) is 26.3. The van der Waals surface area contributed by atoms with Crippen LogP contribution in [0.15, 0.2) is 54.6 Å². The Hall–Kier alpha value is -3.33. The zero-order chi connectivity index (χ0) is 25.8. The van der Waals surface area contributed by atoms with E-state index < -0.39 is 23.3 Å². The SMILES string of the molecule is CCOC(=O)C(C)(C)Oc1ccc(C(Cc2cc(-c3ccc(C(F)(F)F)cc3)nn2C)NC)cc1. The van der Waals surface area contributed by atoms with Gasteiger partial charge in [0.15, 0.2) is 5.60 Å². The summed E-state index contributed by atoms with van der Waals surface area (Å²) in [4.78, 5) is 12.1. The molecule has 6 nitrogen and oxygen atoms in total. The number of hydrogen-bond acceptors (Lipinski definition) is 5. The average molecular weight is 490 g/mol. The molecule has 0 bridgehead atoms. The minimum absolute atomic E-state index is 0.0435. The molecule has 0 radical (unpaired) electrons. The van der Waals surface area contributed by atoms with Crippen molar-refractivity contribution >= 4 is 5.97 Å². The maximum atomic E-state index is 12.9. The molecule has 0 saturated heterocycles. The third kappa shape index (κ3) is 6.42. The highest BCUT2D eigenvalue weighted by molar-refractivity contribution is 5.79. The molecule has 1 unspecified atom stereocenters. The normalized spacial score (nSPS) is 12.9. The number of aromatic nitrogens is 2. The Balaban J connectivity index is 1.73. The van der Waals surface area contributed by atoms with E-state index in [1.54, 1.807) is 37.6 Å². The Morgan fingerprint density at radius 2 is 1.71 bits per heavy atom. The van der Waals surface area contributed by atoms with Gasteiger partial charge in [-0.25, -0.2) is 4.79 Å². The molecule has 0 saturated carbocycles. The molecule has 0 amide bonds.